The number of carbonyl (C=O) groups excluding carboxylic acids is 2. The highest BCUT2D eigenvalue weighted by Crippen LogP contribution is 2.35. The van der Waals surface area contributed by atoms with Gasteiger partial charge < -0.3 is 14.2 Å². The van der Waals surface area contributed by atoms with Crippen molar-refractivity contribution in [1.82, 2.24) is 9.80 Å². The molecule has 3 fully saturated rings. The summed E-state index contributed by atoms with van der Waals surface area (Å²) in [6.45, 7) is 2.23. The molecule has 25 heavy (non-hydrogen) atoms. The molecule has 136 valence electrons. The third-order valence-electron chi connectivity index (χ3n) is 5.92. The molecule has 0 radical (unpaired) electrons. The fourth-order valence-corrected chi connectivity index (χ4v) is 4.35. The smallest absolute Gasteiger partial charge is 0.228 e. The zero-order chi connectivity index (χ0) is 17.2. The van der Waals surface area contributed by atoms with Crippen LogP contribution in [0.3, 0.4) is 0 Å². The second-order valence-corrected chi connectivity index (χ2v) is 7.81. The molecule has 2 aliphatic heterocycles. The lowest BCUT2D eigenvalue weighted by molar-refractivity contribution is -0.143. The lowest BCUT2D eigenvalue weighted by atomic mass is 9.95. The number of amides is 2. The molecule has 2 saturated heterocycles. The number of hydrogen-bond acceptors (Lipinski definition) is 3. The van der Waals surface area contributed by atoms with Gasteiger partial charge in [0, 0.05) is 25.6 Å². The molecule has 0 unspecified atom stereocenters. The van der Waals surface area contributed by atoms with Crippen LogP contribution in [0.15, 0.2) is 22.8 Å². The van der Waals surface area contributed by atoms with E-state index >= 15 is 0 Å². The maximum Gasteiger partial charge on any atom is 0.228 e. The first kappa shape index (κ1) is 16.7. The lowest BCUT2D eigenvalue weighted by Gasteiger charge is -2.37. The summed E-state index contributed by atoms with van der Waals surface area (Å²) in [4.78, 5) is 29.7. The van der Waals surface area contributed by atoms with Crippen molar-refractivity contribution in [3.05, 3.63) is 24.2 Å². The summed E-state index contributed by atoms with van der Waals surface area (Å²) in [6.07, 6.45) is 9.91. The quantitative estimate of drug-likeness (QED) is 0.845. The lowest BCUT2D eigenvalue weighted by Crippen LogP contribution is -2.48. The maximum absolute atomic E-state index is 13.3. The van der Waals surface area contributed by atoms with Gasteiger partial charge in [0.2, 0.25) is 11.8 Å². The van der Waals surface area contributed by atoms with Crippen LogP contribution in [0.1, 0.15) is 63.2 Å². The van der Waals surface area contributed by atoms with E-state index in [2.05, 4.69) is 0 Å². The van der Waals surface area contributed by atoms with Crippen molar-refractivity contribution in [2.24, 2.45) is 11.8 Å². The highest BCUT2D eigenvalue weighted by Gasteiger charge is 2.39. The summed E-state index contributed by atoms with van der Waals surface area (Å²) >= 11 is 0. The van der Waals surface area contributed by atoms with Crippen LogP contribution in [-0.4, -0.2) is 41.2 Å². The van der Waals surface area contributed by atoms with Crippen LogP contribution in [0.5, 0.6) is 0 Å². The summed E-state index contributed by atoms with van der Waals surface area (Å²) < 4.78 is 5.64. The van der Waals surface area contributed by atoms with E-state index in [4.69, 9.17) is 4.42 Å². The van der Waals surface area contributed by atoms with E-state index in [0.29, 0.717) is 6.54 Å². The minimum atomic E-state index is -0.0491. The van der Waals surface area contributed by atoms with E-state index in [1.807, 2.05) is 21.9 Å². The summed E-state index contributed by atoms with van der Waals surface area (Å²) in [5.41, 5.74) is 0. The molecule has 3 aliphatic rings. The molecule has 0 aromatic carbocycles. The molecule has 1 saturated carbocycles. The van der Waals surface area contributed by atoms with Crippen LogP contribution in [0.4, 0.5) is 0 Å². The predicted molar refractivity (Wildman–Crippen MR) is 93.7 cm³/mol. The SMILES string of the molecule is O=C(C1CC1)N1CCC[C@@H](C(=O)N2CCCCC[C@@H]2c2ccco2)C1. The number of carbonyl (C=O) groups is 2. The first-order valence-electron chi connectivity index (χ1n) is 9.86. The first-order valence-corrected chi connectivity index (χ1v) is 9.86. The van der Waals surface area contributed by atoms with Crippen LogP contribution in [0, 0.1) is 11.8 Å². The molecule has 5 nitrogen and oxygen atoms in total. The van der Waals surface area contributed by atoms with Gasteiger partial charge in [-0.2, -0.15) is 0 Å². The number of hydrogen-bond donors (Lipinski definition) is 0. The molecule has 4 rings (SSSR count). The maximum atomic E-state index is 13.3. The highest BCUT2D eigenvalue weighted by molar-refractivity contribution is 5.83. The third kappa shape index (κ3) is 3.60. The van der Waals surface area contributed by atoms with Gasteiger partial charge in [0.25, 0.3) is 0 Å². The van der Waals surface area contributed by atoms with Crippen molar-refractivity contribution in [1.29, 1.82) is 0 Å². The zero-order valence-electron chi connectivity index (χ0n) is 14.9. The second kappa shape index (κ2) is 7.22. The molecule has 0 N–H and O–H groups in total. The predicted octanol–water partition coefficient (Wildman–Crippen LogP) is 3.37. The van der Waals surface area contributed by atoms with Gasteiger partial charge in [-0.05, 0) is 50.7 Å². The molecule has 5 heteroatoms. The van der Waals surface area contributed by atoms with Gasteiger partial charge in [0.15, 0.2) is 0 Å². The molecule has 0 spiro atoms. The number of piperidine rings is 1. The Bertz CT molecular complexity index is 608. The van der Waals surface area contributed by atoms with Crippen LogP contribution in [-0.2, 0) is 9.59 Å². The Balaban J connectivity index is 1.48. The van der Waals surface area contributed by atoms with E-state index in [-0.39, 0.29) is 29.7 Å². The molecular formula is C20H28N2O3. The van der Waals surface area contributed by atoms with Crippen molar-refractivity contribution in [3.8, 4) is 0 Å². The van der Waals surface area contributed by atoms with E-state index < -0.39 is 0 Å². The second-order valence-electron chi connectivity index (χ2n) is 7.81. The standard InChI is InChI=1S/C20H28N2O3/c23-19(15-9-10-15)21-11-4-6-16(14-21)20(24)22-12-3-1-2-7-17(22)18-8-5-13-25-18/h5,8,13,15-17H,1-4,6-7,9-12,14H2/t16-,17-/m1/s1. The topological polar surface area (TPSA) is 53.8 Å². The molecule has 1 aliphatic carbocycles. The van der Waals surface area contributed by atoms with Crippen molar-refractivity contribution in [3.63, 3.8) is 0 Å². The monoisotopic (exact) mass is 344 g/mol. The molecule has 3 heterocycles. The Kier molecular flexibility index (Phi) is 4.82. The minimum absolute atomic E-state index is 0.0491. The van der Waals surface area contributed by atoms with Gasteiger partial charge in [-0.1, -0.05) is 12.8 Å². The molecule has 2 atom stereocenters. The van der Waals surface area contributed by atoms with Crippen molar-refractivity contribution in [2.75, 3.05) is 19.6 Å². The zero-order valence-corrected chi connectivity index (χ0v) is 14.9. The molecule has 0 bridgehead atoms. The average Bonchev–Trinajstić information content (AvgIpc) is 3.41. The number of nitrogens with zero attached hydrogens (tertiary/aromatic N) is 2. The van der Waals surface area contributed by atoms with E-state index in [1.165, 1.54) is 0 Å². The Morgan fingerprint density at radius 1 is 0.920 bits per heavy atom. The number of furan rings is 1. The van der Waals surface area contributed by atoms with Crippen molar-refractivity contribution >= 4 is 11.8 Å². The van der Waals surface area contributed by atoms with Gasteiger partial charge in [0.1, 0.15) is 5.76 Å². The Labute approximate surface area is 149 Å². The van der Waals surface area contributed by atoms with Gasteiger partial charge in [-0.3, -0.25) is 9.59 Å². The van der Waals surface area contributed by atoms with Gasteiger partial charge in [-0.15, -0.1) is 0 Å². The van der Waals surface area contributed by atoms with Crippen LogP contribution in [0.25, 0.3) is 0 Å². The van der Waals surface area contributed by atoms with E-state index in [0.717, 1.165) is 70.2 Å². The van der Waals surface area contributed by atoms with Crippen LogP contribution >= 0.6 is 0 Å². The Morgan fingerprint density at radius 3 is 2.56 bits per heavy atom. The third-order valence-corrected chi connectivity index (χ3v) is 5.92. The normalized spacial score (nSPS) is 27.8. The highest BCUT2D eigenvalue weighted by atomic mass is 16.3. The summed E-state index contributed by atoms with van der Waals surface area (Å²) in [7, 11) is 0. The Morgan fingerprint density at radius 2 is 1.80 bits per heavy atom. The Hall–Kier alpha value is -1.78. The van der Waals surface area contributed by atoms with Crippen molar-refractivity contribution in [2.45, 2.75) is 57.4 Å². The first-order chi connectivity index (χ1) is 12.2. The van der Waals surface area contributed by atoms with Crippen molar-refractivity contribution < 1.29 is 14.0 Å². The van der Waals surface area contributed by atoms with Crippen LogP contribution < -0.4 is 0 Å². The van der Waals surface area contributed by atoms with E-state index in [9.17, 15) is 9.59 Å². The van der Waals surface area contributed by atoms with Gasteiger partial charge in [0.05, 0.1) is 18.2 Å². The average molecular weight is 344 g/mol. The number of likely N-dealkylation sites (tertiary alicyclic amines) is 2. The fraction of sp³-hybridized carbons (Fsp3) is 0.700. The summed E-state index contributed by atoms with van der Waals surface area (Å²) in [6, 6.07) is 3.94. The largest absolute Gasteiger partial charge is 0.467 e. The molecule has 2 amide bonds. The molecule has 1 aromatic heterocycles. The van der Waals surface area contributed by atoms with Crippen LogP contribution in [0.2, 0.25) is 0 Å². The van der Waals surface area contributed by atoms with Gasteiger partial charge >= 0.3 is 0 Å². The molecular weight excluding hydrogens is 316 g/mol. The van der Waals surface area contributed by atoms with E-state index in [1.54, 1.807) is 6.26 Å². The fourth-order valence-electron chi connectivity index (χ4n) is 4.35. The number of rotatable bonds is 3. The summed E-state index contributed by atoms with van der Waals surface area (Å²) in [5, 5.41) is 0. The summed E-state index contributed by atoms with van der Waals surface area (Å²) in [5.74, 6) is 1.58. The minimum Gasteiger partial charge on any atom is -0.467 e. The van der Waals surface area contributed by atoms with Gasteiger partial charge in [-0.25, -0.2) is 0 Å². The molecule has 1 aromatic rings.